The van der Waals surface area contributed by atoms with Crippen LogP contribution in [0.1, 0.15) is 51.2 Å². The molecule has 0 aromatic heterocycles. The average molecular weight is 299 g/mol. The summed E-state index contributed by atoms with van der Waals surface area (Å²) >= 11 is 0. The molecule has 0 saturated carbocycles. The summed E-state index contributed by atoms with van der Waals surface area (Å²) in [5, 5.41) is 22.6. The molecule has 4 nitrogen and oxygen atoms in total. The standard InChI is InChI=1S/C18H21NO3/c1-11-10-17(20)14-8-9-16(2,3)22-15(14)12-6-4-5-7-13(12)18(17,21)19-11/h4-7,20-21H,8-10H2,1-3H3. The van der Waals surface area contributed by atoms with Crippen molar-refractivity contribution in [2.75, 3.05) is 0 Å². The third-order valence-electron chi connectivity index (χ3n) is 5.12. The first-order chi connectivity index (χ1) is 10.3. The first-order valence-corrected chi connectivity index (χ1v) is 7.79. The highest BCUT2D eigenvalue weighted by Crippen LogP contribution is 2.57. The van der Waals surface area contributed by atoms with E-state index < -0.39 is 11.3 Å². The maximum Gasteiger partial charge on any atom is 0.216 e. The van der Waals surface area contributed by atoms with Crippen LogP contribution in [0, 0.1) is 0 Å². The molecule has 22 heavy (non-hydrogen) atoms. The molecule has 2 N–H and O–H groups in total. The number of aliphatic hydroxyl groups is 2. The number of hydrogen-bond donors (Lipinski definition) is 2. The van der Waals surface area contributed by atoms with Gasteiger partial charge in [0.25, 0.3) is 0 Å². The summed E-state index contributed by atoms with van der Waals surface area (Å²) in [6.45, 7) is 5.96. The van der Waals surface area contributed by atoms with Crippen LogP contribution in [0.3, 0.4) is 0 Å². The lowest BCUT2D eigenvalue weighted by Gasteiger charge is -2.47. The van der Waals surface area contributed by atoms with E-state index in [9.17, 15) is 10.2 Å². The summed E-state index contributed by atoms with van der Waals surface area (Å²) in [4.78, 5) is 4.42. The van der Waals surface area contributed by atoms with E-state index in [0.29, 0.717) is 18.4 Å². The maximum atomic E-state index is 11.4. The Kier molecular flexibility index (Phi) is 2.54. The first kappa shape index (κ1) is 14.0. The van der Waals surface area contributed by atoms with Gasteiger partial charge in [0.15, 0.2) is 0 Å². The van der Waals surface area contributed by atoms with Gasteiger partial charge in [-0.15, -0.1) is 0 Å². The second kappa shape index (κ2) is 4.00. The van der Waals surface area contributed by atoms with Gasteiger partial charge in [0.2, 0.25) is 5.72 Å². The van der Waals surface area contributed by atoms with Gasteiger partial charge in [-0.05, 0) is 33.6 Å². The summed E-state index contributed by atoms with van der Waals surface area (Å²) in [5.74, 6) is 0.726. The van der Waals surface area contributed by atoms with Gasteiger partial charge in [0, 0.05) is 28.8 Å². The average Bonchev–Trinajstić information content (AvgIpc) is 2.69. The smallest absolute Gasteiger partial charge is 0.216 e. The molecular formula is C18H21NO3. The van der Waals surface area contributed by atoms with Crippen molar-refractivity contribution in [3.63, 3.8) is 0 Å². The summed E-state index contributed by atoms with van der Waals surface area (Å²) < 4.78 is 6.22. The SMILES string of the molecule is CC1=NC2(O)c3ccccc3C3=C(CCC(C)(C)O3)C2(O)C1. The molecule has 1 aromatic rings. The number of hydrogen-bond acceptors (Lipinski definition) is 4. The third-order valence-corrected chi connectivity index (χ3v) is 5.12. The van der Waals surface area contributed by atoms with Crippen LogP contribution >= 0.6 is 0 Å². The van der Waals surface area contributed by atoms with E-state index in [-0.39, 0.29) is 5.60 Å². The van der Waals surface area contributed by atoms with Crippen molar-refractivity contribution in [1.82, 2.24) is 0 Å². The van der Waals surface area contributed by atoms with Gasteiger partial charge in [-0.1, -0.05) is 24.3 Å². The Morgan fingerprint density at radius 3 is 2.68 bits per heavy atom. The van der Waals surface area contributed by atoms with E-state index >= 15 is 0 Å². The fourth-order valence-corrected chi connectivity index (χ4v) is 4.03. The molecule has 4 rings (SSSR count). The van der Waals surface area contributed by atoms with Crippen molar-refractivity contribution in [3.8, 4) is 0 Å². The fraction of sp³-hybridized carbons (Fsp3) is 0.500. The van der Waals surface area contributed by atoms with Crippen molar-refractivity contribution in [2.24, 2.45) is 4.99 Å². The van der Waals surface area contributed by atoms with Gasteiger partial charge in [-0.3, -0.25) is 4.99 Å². The number of nitrogens with zero attached hydrogens (tertiary/aromatic N) is 1. The van der Waals surface area contributed by atoms with Gasteiger partial charge >= 0.3 is 0 Å². The van der Waals surface area contributed by atoms with E-state index in [2.05, 4.69) is 18.8 Å². The third kappa shape index (κ3) is 1.57. The normalized spacial score (nSPS) is 35.2. The van der Waals surface area contributed by atoms with Crippen molar-refractivity contribution in [2.45, 2.75) is 57.0 Å². The highest BCUT2D eigenvalue weighted by molar-refractivity contribution is 5.89. The second-order valence-corrected chi connectivity index (χ2v) is 7.27. The maximum absolute atomic E-state index is 11.4. The molecule has 0 radical (unpaired) electrons. The Morgan fingerprint density at radius 2 is 1.91 bits per heavy atom. The monoisotopic (exact) mass is 299 g/mol. The first-order valence-electron chi connectivity index (χ1n) is 7.79. The van der Waals surface area contributed by atoms with Crippen LogP contribution in [0.2, 0.25) is 0 Å². The van der Waals surface area contributed by atoms with Crippen LogP contribution < -0.4 is 0 Å². The van der Waals surface area contributed by atoms with E-state index in [1.165, 1.54) is 0 Å². The van der Waals surface area contributed by atoms with Crippen molar-refractivity contribution < 1.29 is 14.9 Å². The Hall–Kier alpha value is -1.65. The number of aliphatic imine (C=N–C) groups is 1. The zero-order valence-electron chi connectivity index (χ0n) is 13.2. The minimum absolute atomic E-state index is 0.272. The lowest BCUT2D eigenvalue weighted by molar-refractivity contribution is -0.126. The molecule has 116 valence electrons. The molecule has 2 aliphatic heterocycles. The van der Waals surface area contributed by atoms with Gasteiger partial charge in [0.1, 0.15) is 17.0 Å². The molecule has 2 heterocycles. The van der Waals surface area contributed by atoms with Crippen molar-refractivity contribution >= 4 is 11.5 Å². The zero-order valence-corrected chi connectivity index (χ0v) is 13.2. The molecular weight excluding hydrogens is 278 g/mol. The van der Waals surface area contributed by atoms with Crippen LogP contribution in [0.15, 0.2) is 34.8 Å². The van der Waals surface area contributed by atoms with E-state index in [1.807, 2.05) is 31.2 Å². The molecule has 2 unspecified atom stereocenters. The summed E-state index contributed by atoms with van der Waals surface area (Å²) in [6, 6.07) is 7.55. The Balaban J connectivity index is 2.03. The largest absolute Gasteiger partial charge is 0.487 e. The van der Waals surface area contributed by atoms with E-state index in [0.717, 1.165) is 29.0 Å². The Labute approximate surface area is 130 Å². The van der Waals surface area contributed by atoms with Crippen LogP contribution in [0.4, 0.5) is 0 Å². The zero-order chi connectivity index (χ0) is 15.8. The molecule has 1 aliphatic carbocycles. The molecule has 0 spiro atoms. The molecule has 4 heteroatoms. The van der Waals surface area contributed by atoms with Crippen molar-refractivity contribution in [3.05, 3.63) is 41.0 Å². The molecule has 0 bridgehead atoms. The lowest BCUT2D eigenvalue weighted by Crippen LogP contribution is -2.53. The highest BCUT2D eigenvalue weighted by Gasteiger charge is 2.62. The predicted octanol–water partition coefficient (Wildman–Crippen LogP) is 2.74. The summed E-state index contributed by atoms with van der Waals surface area (Å²) in [6.07, 6.45) is 1.87. The molecule has 0 fully saturated rings. The fourth-order valence-electron chi connectivity index (χ4n) is 4.03. The van der Waals surface area contributed by atoms with Gasteiger partial charge < -0.3 is 14.9 Å². The van der Waals surface area contributed by atoms with Gasteiger partial charge in [-0.2, -0.15) is 0 Å². The summed E-state index contributed by atoms with van der Waals surface area (Å²) in [5.41, 5.74) is -0.241. The molecule has 0 amide bonds. The van der Waals surface area contributed by atoms with Crippen LogP contribution in [0.5, 0.6) is 0 Å². The van der Waals surface area contributed by atoms with E-state index in [4.69, 9.17) is 4.74 Å². The molecule has 1 aromatic carbocycles. The molecule has 0 saturated heterocycles. The minimum Gasteiger partial charge on any atom is -0.487 e. The van der Waals surface area contributed by atoms with Crippen LogP contribution in [-0.4, -0.2) is 27.1 Å². The Morgan fingerprint density at radius 1 is 1.18 bits per heavy atom. The molecule has 3 aliphatic rings. The number of ether oxygens (including phenoxy) is 1. The highest BCUT2D eigenvalue weighted by atomic mass is 16.5. The van der Waals surface area contributed by atoms with E-state index in [1.54, 1.807) is 0 Å². The second-order valence-electron chi connectivity index (χ2n) is 7.27. The molecule has 2 atom stereocenters. The number of fused-ring (bicyclic) bond motifs is 5. The van der Waals surface area contributed by atoms with Gasteiger partial charge in [0.05, 0.1) is 0 Å². The topological polar surface area (TPSA) is 62.1 Å². The van der Waals surface area contributed by atoms with Gasteiger partial charge in [-0.25, -0.2) is 0 Å². The van der Waals surface area contributed by atoms with Crippen molar-refractivity contribution in [1.29, 1.82) is 0 Å². The van der Waals surface area contributed by atoms with Crippen LogP contribution in [0.25, 0.3) is 5.76 Å². The minimum atomic E-state index is -1.60. The lowest BCUT2D eigenvalue weighted by atomic mass is 9.69. The number of rotatable bonds is 0. The predicted molar refractivity (Wildman–Crippen MR) is 84.3 cm³/mol. The quantitative estimate of drug-likeness (QED) is 0.774. The Bertz CT molecular complexity index is 734. The number of benzene rings is 1. The summed E-state index contributed by atoms with van der Waals surface area (Å²) in [7, 11) is 0. The van der Waals surface area contributed by atoms with Crippen LogP contribution in [-0.2, 0) is 10.5 Å².